The number of thiocarbonyl (C=S) groups is 1. The average Bonchev–Trinajstić information content (AvgIpc) is 2.60. The number of hydrogen-bond donors (Lipinski definition) is 2. The van der Waals surface area contributed by atoms with Gasteiger partial charge in [-0.05, 0) is 62.8 Å². The summed E-state index contributed by atoms with van der Waals surface area (Å²) >= 11 is 5.38. The molecule has 2 aromatic carbocycles. The van der Waals surface area contributed by atoms with Gasteiger partial charge >= 0.3 is 0 Å². The third-order valence-electron chi connectivity index (χ3n) is 3.44. The Bertz CT molecular complexity index is 735. The van der Waals surface area contributed by atoms with E-state index >= 15 is 0 Å². The van der Waals surface area contributed by atoms with Crippen LogP contribution in [0.1, 0.15) is 26.3 Å². The Morgan fingerprint density at radius 3 is 2.62 bits per heavy atom. The molecule has 5 nitrogen and oxygen atoms in total. The molecule has 2 N–H and O–H groups in total. The van der Waals surface area contributed by atoms with Crippen LogP contribution in [-0.2, 0) is 6.54 Å². The van der Waals surface area contributed by atoms with Gasteiger partial charge in [-0.15, -0.1) is 0 Å². The highest BCUT2D eigenvalue weighted by molar-refractivity contribution is 7.80. The Hall–Kier alpha value is -2.47. The number of rotatable bonds is 8. The van der Waals surface area contributed by atoms with Gasteiger partial charge in [0, 0.05) is 18.3 Å². The Morgan fingerprint density at radius 1 is 1.12 bits per heavy atom. The molecule has 0 heterocycles. The van der Waals surface area contributed by atoms with Crippen molar-refractivity contribution < 1.29 is 14.2 Å². The van der Waals surface area contributed by atoms with E-state index < -0.39 is 0 Å². The number of methoxy groups -OCH3 is 1. The lowest BCUT2D eigenvalue weighted by Crippen LogP contribution is -2.27. The Labute approximate surface area is 160 Å². The van der Waals surface area contributed by atoms with Crippen molar-refractivity contribution in [1.29, 1.82) is 0 Å². The van der Waals surface area contributed by atoms with Crippen molar-refractivity contribution in [2.24, 2.45) is 0 Å². The van der Waals surface area contributed by atoms with Crippen LogP contribution in [0, 0.1) is 0 Å². The second-order valence-electron chi connectivity index (χ2n) is 5.92. The lowest BCUT2D eigenvalue weighted by molar-refractivity contribution is 0.242. The van der Waals surface area contributed by atoms with Gasteiger partial charge in [0.15, 0.2) is 16.6 Å². The van der Waals surface area contributed by atoms with Crippen LogP contribution in [0.5, 0.6) is 17.2 Å². The van der Waals surface area contributed by atoms with E-state index in [1.54, 1.807) is 7.11 Å². The summed E-state index contributed by atoms with van der Waals surface area (Å²) in [6, 6.07) is 13.6. The van der Waals surface area contributed by atoms with Crippen LogP contribution in [0.25, 0.3) is 0 Å². The average molecular weight is 375 g/mol. The standard InChI is InChI=1S/C20H26N2O3S/c1-5-24-19-11-15(9-10-18(19)23-4)13-21-20(26)22-16-7-6-8-17(12-16)25-14(2)3/h6-12,14H,5,13H2,1-4H3,(H2,21,22,26). The third-order valence-corrected chi connectivity index (χ3v) is 3.69. The van der Waals surface area contributed by atoms with Crippen LogP contribution >= 0.6 is 12.2 Å². The quantitative estimate of drug-likeness (QED) is 0.669. The summed E-state index contributed by atoms with van der Waals surface area (Å²) in [5, 5.41) is 6.91. The highest BCUT2D eigenvalue weighted by Gasteiger charge is 2.06. The van der Waals surface area contributed by atoms with Crippen molar-refractivity contribution in [3.8, 4) is 17.2 Å². The van der Waals surface area contributed by atoms with Gasteiger partial charge in [-0.25, -0.2) is 0 Å². The highest BCUT2D eigenvalue weighted by Crippen LogP contribution is 2.28. The van der Waals surface area contributed by atoms with Crippen LogP contribution in [0.15, 0.2) is 42.5 Å². The summed E-state index contributed by atoms with van der Waals surface area (Å²) in [6.45, 7) is 7.11. The van der Waals surface area contributed by atoms with Crippen LogP contribution in [0.4, 0.5) is 5.69 Å². The van der Waals surface area contributed by atoms with Crippen molar-refractivity contribution in [2.75, 3.05) is 19.0 Å². The Balaban J connectivity index is 1.93. The topological polar surface area (TPSA) is 51.8 Å². The van der Waals surface area contributed by atoms with Gasteiger partial charge < -0.3 is 24.8 Å². The summed E-state index contributed by atoms with van der Waals surface area (Å²) in [5.74, 6) is 2.26. The van der Waals surface area contributed by atoms with Crippen LogP contribution in [0.3, 0.4) is 0 Å². The molecule has 0 aliphatic rings. The SMILES string of the molecule is CCOc1cc(CNC(=S)Nc2cccc(OC(C)C)c2)ccc1OC. The zero-order chi connectivity index (χ0) is 18.9. The van der Waals surface area contributed by atoms with E-state index in [0.29, 0.717) is 18.3 Å². The Morgan fingerprint density at radius 2 is 1.92 bits per heavy atom. The Kier molecular flexibility index (Phi) is 7.53. The van der Waals surface area contributed by atoms with E-state index in [0.717, 1.165) is 28.5 Å². The monoisotopic (exact) mass is 374 g/mol. The van der Waals surface area contributed by atoms with E-state index in [1.165, 1.54) is 0 Å². The van der Waals surface area contributed by atoms with Crippen LogP contribution < -0.4 is 24.8 Å². The highest BCUT2D eigenvalue weighted by atomic mass is 32.1. The molecule has 0 saturated heterocycles. The van der Waals surface area contributed by atoms with Gasteiger partial charge in [-0.2, -0.15) is 0 Å². The minimum absolute atomic E-state index is 0.130. The molecule has 0 aliphatic carbocycles. The molecule has 0 bridgehead atoms. The van der Waals surface area contributed by atoms with Crippen molar-refractivity contribution in [1.82, 2.24) is 5.32 Å². The first kappa shape index (κ1) is 19.8. The molecule has 0 radical (unpaired) electrons. The molecular weight excluding hydrogens is 348 g/mol. The van der Waals surface area contributed by atoms with Crippen LogP contribution in [-0.4, -0.2) is 24.9 Å². The first-order valence-electron chi connectivity index (χ1n) is 8.63. The third kappa shape index (κ3) is 6.11. The number of nitrogens with one attached hydrogen (secondary N) is 2. The summed E-state index contributed by atoms with van der Waals surface area (Å²) in [4.78, 5) is 0. The number of ether oxygens (including phenoxy) is 3. The molecule has 26 heavy (non-hydrogen) atoms. The lowest BCUT2D eigenvalue weighted by Gasteiger charge is -2.14. The fourth-order valence-corrected chi connectivity index (χ4v) is 2.57. The second-order valence-corrected chi connectivity index (χ2v) is 6.33. The molecule has 0 amide bonds. The summed E-state index contributed by atoms with van der Waals surface area (Å²) in [7, 11) is 1.63. The predicted octanol–water partition coefficient (Wildman–Crippen LogP) is 4.37. The zero-order valence-electron chi connectivity index (χ0n) is 15.7. The molecule has 0 fully saturated rings. The maximum atomic E-state index is 5.69. The van der Waals surface area contributed by atoms with Gasteiger partial charge in [0.05, 0.1) is 19.8 Å². The van der Waals surface area contributed by atoms with Gasteiger partial charge in [-0.3, -0.25) is 0 Å². The molecule has 0 spiro atoms. The summed E-state index contributed by atoms with van der Waals surface area (Å²) in [6.07, 6.45) is 0.130. The van der Waals surface area contributed by atoms with Crippen molar-refractivity contribution >= 4 is 23.0 Å². The minimum atomic E-state index is 0.130. The molecule has 0 unspecified atom stereocenters. The van der Waals surface area contributed by atoms with Crippen molar-refractivity contribution in [2.45, 2.75) is 33.4 Å². The summed E-state index contributed by atoms with van der Waals surface area (Å²) < 4.78 is 16.6. The maximum absolute atomic E-state index is 5.69. The van der Waals surface area contributed by atoms with Crippen molar-refractivity contribution in [3.05, 3.63) is 48.0 Å². The molecule has 2 aromatic rings. The molecule has 0 saturated carbocycles. The number of benzene rings is 2. The maximum Gasteiger partial charge on any atom is 0.171 e. The van der Waals surface area contributed by atoms with Crippen molar-refractivity contribution in [3.63, 3.8) is 0 Å². The largest absolute Gasteiger partial charge is 0.493 e. The van der Waals surface area contributed by atoms with E-state index in [-0.39, 0.29) is 6.10 Å². The molecule has 6 heteroatoms. The first-order valence-corrected chi connectivity index (χ1v) is 9.04. The smallest absolute Gasteiger partial charge is 0.171 e. The van der Waals surface area contributed by atoms with E-state index in [1.807, 2.05) is 63.2 Å². The second kappa shape index (κ2) is 9.87. The van der Waals surface area contributed by atoms with Gasteiger partial charge in [0.25, 0.3) is 0 Å². The summed E-state index contributed by atoms with van der Waals surface area (Å²) in [5.41, 5.74) is 1.93. The number of anilines is 1. The van der Waals surface area contributed by atoms with E-state index in [2.05, 4.69) is 10.6 Å². The van der Waals surface area contributed by atoms with Gasteiger partial charge in [0.2, 0.25) is 0 Å². The number of hydrogen-bond acceptors (Lipinski definition) is 4. The fourth-order valence-electron chi connectivity index (χ4n) is 2.38. The molecule has 0 atom stereocenters. The molecule has 0 aromatic heterocycles. The van der Waals surface area contributed by atoms with Gasteiger partial charge in [0.1, 0.15) is 5.75 Å². The van der Waals surface area contributed by atoms with E-state index in [9.17, 15) is 0 Å². The minimum Gasteiger partial charge on any atom is -0.493 e. The predicted molar refractivity (Wildman–Crippen MR) is 109 cm³/mol. The zero-order valence-corrected chi connectivity index (χ0v) is 16.5. The molecule has 140 valence electrons. The fraction of sp³-hybridized carbons (Fsp3) is 0.350. The first-order chi connectivity index (χ1) is 12.5. The normalized spacial score (nSPS) is 10.3. The molecule has 0 aliphatic heterocycles. The molecular formula is C20H26N2O3S. The van der Waals surface area contributed by atoms with Gasteiger partial charge in [-0.1, -0.05) is 12.1 Å². The molecule has 2 rings (SSSR count). The van der Waals surface area contributed by atoms with Crippen LogP contribution in [0.2, 0.25) is 0 Å². The van der Waals surface area contributed by atoms with E-state index in [4.69, 9.17) is 26.4 Å². The lowest BCUT2D eigenvalue weighted by atomic mass is 10.2.